The Hall–Kier alpha value is -2.60. The number of aromatic nitrogens is 2. The maximum absolute atomic E-state index is 11.5. The number of rotatable bonds is 5. The van der Waals surface area contributed by atoms with E-state index in [1.54, 1.807) is 36.8 Å². The summed E-state index contributed by atoms with van der Waals surface area (Å²) in [7, 11) is -3.17. The zero-order valence-electron chi connectivity index (χ0n) is 12.6. The zero-order valence-corrected chi connectivity index (χ0v) is 13.4. The van der Waals surface area contributed by atoms with Crippen LogP contribution in [-0.4, -0.2) is 24.6 Å². The number of para-hydroxylation sites is 1. The van der Waals surface area contributed by atoms with Gasteiger partial charge in [0.05, 0.1) is 23.1 Å². The standard InChI is InChI=1S/C17H16N2O3S/c1-23(20,21)14-8-6-13(7-9-14)11-22-17-5-3-2-4-15(17)16-10-18-12-19-16/h2-10,12H,11H2,1H3,(H,18,19). The topological polar surface area (TPSA) is 72.1 Å². The molecule has 6 heteroatoms. The van der Waals surface area contributed by atoms with Crippen LogP contribution < -0.4 is 4.74 Å². The number of nitrogens with one attached hydrogen (secondary N) is 1. The normalized spacial score (nSPS) is 11.3. The lowest BCUT2D eigenvalue weighted by atomic mass is 10.1. The van der Waals surface area contributed by atoms with Crippen molar-refractivity contribution < 1.29 is 13.2 Å². The van der Waals surface area contributed by atoms with Crippen molar-refractivity contribution in [2.75, 3.05) is 6.26 Å². The molecule has 0 aliphatic rings. The molecule has 0 amide bonds. The van der Waals surface area contributed by atoms with Gasteiger partial charge in [-0.2, -0.15) is 0 Å². The third kappa shape index (κ3) is 3.60. The summed E-state index contributed by atoms with van der Waals surface area (Å²) in [5.74, 6) is 0.740. The van der Waals surface area contributed by atoms with Crippen molar-refractivity contribution in [3.63, 3.8) is 0 Å². The number of hydrogen-bond acceptors (Lipinski definition) is 4. The number of benzene rings is 2. The Morgan fingerprint density at radius 3 is 2.48 bits per heavy atom. The maximum Gasteiger partial charge on any atom is 0.175 e. The van der Waals surface area contributed by atoms with Gasteiger partial charge in [0.25, 0.3) is 0 Å². The number of sulfone groups is 1. The van der Waals surface area contributed by atoms with Gasteiger partial charge < -0.3 is 9.72 Å². The summed E-state index contributed by atoms with van der Waals surface area (Å²) >= 11 is 0. The van der Waals surface area contributed by atoms with Crippen molar-refractivity contribution in [3.05, 3.63) is 66.6 Å². The molecule has 0 fully saturated rings. The minimum atomic E-state index is -3.17. The minimum absolute atomic E-state index is 0.305. The Labute approximate surface area is 134 Å². The molecular formula is C17H16N2O3S. The van der Waals surface area contributed by atoms with Gasteiger partial charge in [0.2, 0.25) is 0 Å². The van der Waals surface area contributed by atoms with Crippen molar-refractivity contribution in [1.29, 1.82) is 0 Å². The van der Waals surface area contributed by atoms with Crippen LogP contribution >= 0.6 is 0 Å². The molecule has 23 heavy (non-hydrogen) atoms. The molecule has 1 N–H and O–H groups in total. The summed E-state index contributed by atoms with van der Waals surface area (Å²) < 4.78 is 28.8. The van der Waals surface area contributed by atoms with Gasteiger partial charge in [-0.25, -0.2) is 13.4 Å². The van der Waals surface area contributed by atoms with Crippen molar-refractivity contribution in [2.45, 2.75) is 11.5 Å². The molecule has 0 atom stereocenters. The highest BCUT2D eigenvalue weighted by Gasteiger charge is 2.09. The minimum Gasteiger partial charge on any atom is -0.488 e. The van der Waals surface area contributed by atoms with Crippen LogP contribution in [0.3, 0.4) is 0 Å². The van der Waals surface area contributed by atoms with Crippen molar-refractivity contribution in [3.8, 4) is 17.0 Å². The van der Waals surface area contributed by atoms with Gasteiger partial charge in [0, 0.05) is 11.8 Å². The highest BCUT2D eigenvalue weighted by atomic mass is 32.2. The third-order valence-electron chi connectivity index (χ3n) is 3.42. The lowest BCUT2D eigenvalue weighted by Gasteiger charge is -2.10. The largest absolute Gasteiger partial charge is 0.488 e. The number of aromatic amines is 1. The van der Waals surface area contributed by atoms with Crippen LogP contribution in [0.5, 0.6) is 5.75 Å². The third-order valence-corrected chi connectivity index (χ3v) is 4.55. The number of H-pyrrole nitrogens is 1. The molecule has 5 nitrogen and oxygen atoms in total. The van der Waals surface area contributed by atoms with E-state index < -0.39 is 9.84 Å². The van der Waals surface area contributed by atoms with Gasteiger partial charge in [-0.3, -0.25) is 0 Å². The predicted octanol–water partition coefficient (Wildman–Crippen LogP) is 3.06. The molecule has 2 aromatic carbocycles. The van der Waals surface area contributed by atoms with E-state index in [4.69, 9.17) is 4.74 Å². The highest BCUT2D eigenvalue weighted by Crippen LogP contribution is 2.28. The van der Waals surface area contributed by atoms with Crippen LogP contribution in [0.2, 0.25) is 0 Å². The Morgan fingerprint density at radius 2 is 1.83 bits per heavy atom. The summed E-state index contributed by atoms with van der Waals surface area (Å²) in [5, 5.41) is 0. The van der Waals surface area contributed by atoms with Crippen LogP contribution in [0, 0.1) is 0 Å². The quantitative estimate of drug-likeness (QED) is 0.781. The monoisotopic (exact) mass is 328 g/mol. The van der Waals surface area contributed by atoms with E-state index in [-0.39, 0.29) is 0 Å². The SMILES string of the molecule is CS(=O)(=O)c1ccc(COc2ccccc2-c2cnc[nH]2)cc1. The van der Waals surface area contributed by atoms with Crippen LogP contribution in [0.25, 0.3) is 11.3 Å². The average molecular weight is 328 g/mol. The molecule has 3 aromatic rings. The smallest absolute Gasteiger partial charge is 0.175 e. The van der Waals surface area contributed by atoms with E-state index in [9.17, 15) is 8.42 Å². The number of imidazole rings is 1. The Kier molecular flexibility index (Phi) is 4.16. The first-order valence-corrected chi connectivity index (χ1v) is 8.93. The second kappa shape index (κ2) is 6.26. The lowest BCUT2D eigenvalue weighted by molar-refractivity contribution is 0.307. The molecule has 0 aliphatic carbocycles. The molecule has 0 bridgehead atoms. The average Bonchev–Trinajstić information content (AvgIpc) is 3.07. The summed E-state index contributed by atoms with van der Waals surface area (Å²) in [6, 6.07) is 14.4. The number of hydrogen-bond donors (Lipinski definition) is 1. The first kappa shape index (κ1) is 15.3. The van der Waals surface area contributed by atoms with Gasteiger partial charge in [0.1, 0.15) is 12.4 Å². The van der Waals surface area contributed by atoms with Crippen LogP contribution in [0.4, 0.5) is 0 Å². The fourth-order valence-electron chi connectivity index (χ4n) is 2.21. The molecule has 0 spiro atoms. The Morgan fingerprint density at radius 1 is 1.09 bits per heavy atom. The Balaban J connectivity index is 1.77. The van der Waals surface area contributed by atoms with Gasteiger partial charge in [0.15, 0.2) is 9.84 Å². The van der Waals surface area contributed by atoms with E-state index in [1.807, 2.05) is 24.3 Å². The van der Waals surface area contributed by atoms with E-state index in [0.717, 1.165) is 22.6 Å². The first-order valence-electron chi connectivity index (χ1n) is 7.03. The van der Waals surface area contributed by atoms with E-state index in [2.05, 4.69) is 9.97 Å². The molecule has 0 aliphatic heterocycles. The number of ether oxygens (including phenoxy) is 1. The lowest BCUT2D eigenvalue weighted by Crippen LogP contribution is -2.00. The van der Waals surface area contributed by atoms with Crippen LogP contribution in [-0.2, 0) is 16.4 Å². The van der Waals surface area contributed by atoms with E-state index >= 15 is 0 Å². The van der Waals surface area contributed by atoms with Gasteiger partial charge in [-0.05, 0) is 29.8 Å². The molecule has 0 saturated carbocycles. The van der Waals surface area contributed by atoms with Crippen LogP contribution in [0.15, 0.2) is 66.0 Å². The molecule has 1 aromatic heterocycles. The molecule has 118 valence electrons. The van der Waals surface area contributed by atoms with Crippen molar-refractivity contribution in [2.24, 2.45) is 0 Å². The van der Waals surface area contributed by atoms with Gasteiger partial charge in [-0.15, -0.1) is 0 Å². The fraction of sp³-hybridized carbons (Fsp3) is 0.118. The zero-order chi connectivity index (χ0) is 16.3. The Bertz CT molecular complexity index is 886. The molecule has 0 radical (unpaired) electrons. The van der Waals surface area contributed by atoms with Crippen molar-refractivity contribution >= 4 is 9.84 Å². The molecule has 3 rings (SSSR count). The van der Waals surface area contributed by atoms with E-state index in [0.29, 0.717) is 11.5 Å². The van der Waals surface area contributed by atoms with Crippen molar-refractivity contribution in [1.82, 2.24) is 9.97 Å². The summed E-state index contributed by atoms with van der Waals surface area (Å²) in [6.45, 7) is 0.356. The van der Waals surface area contributed by atoms with E-state index in [1.165, 1.54) is 6.26 Å². The summed E-state index contributed by atoms with van der Waals surface area (Å²) in [5.41, 5.74) is 2.71. The predicted molar refractivity (Wildman–Crippen MR) is 87.9 cm³/mol. The molecular weight excluding hydrogens is 312 g/mol. The van der Waals surface area contributed by atoms with Crippen LogP contribution in [0.1, 0.15) is 5.56 Å². The maximum atomic E-state index is 11.5. The first-order chi connectivity index (χ1) is 11.0. The molecule has 1 heterocycles. The molecule has 0 unspecified atom stereocenters. The highest BCUT2D eigenvalue weighted by molar-refractivity contribution is 7.90. The van der Waals surface area contributed by atoms with Gasteiger partial charge in [-0.1, -0.05) is 24.3 Å². The molecule has 0 saturated heterocycles. The summed E-state index contributed by atoms with van der Waals surface area (Å²) in [6.07, 6.45) is 4.55. The van der Waals surface area contributed by atoms with Gasteiger partial charge >= 0.3 is 0 Å². The number of nitrogens with zero attached hydrogens (tertiary/aromatic N) is 1. The fourth-order valence-corrected chi connectivity index (χ4v) is 2.84. The second-order valence-corrected chi connectivity index (χ2v) is 7.18. The summed E-state index contributed by atoms with van der Waals surface area (Å²) in [4.78, 5) is 7.39. The second-order valence-electron chi connectivity index (χ2n) is 5.17.